The summed E-state index contributed by atoms with van der Waals surface area (Å²) in [4.78, 5) is 23.6. The Morgan fingerprint density at radius 2 is 2.17 bits per heavy atom. The molecule has 4 aromatic rings. The summed E-state index contributed by atoms with van der Waals surface area (Å²) >= 11 is 6.57. The number of rotatable bonds is 4. The number of halogens is 1. The fraction of sp³-hybridized carbons (Fsp3) is 0.318. The smallest absolute Gasteiger partial charge is 0.259 e. The molecular weight excluding hydrogens is 506 g/mol. The van der Waals surface area contributed by atoms with Gasteiger partial charge in [-0.1, -0.05) is 11.6 Å². The largest absolute Gasteiger partial charge is 0.381 e. The number of nitriles is 1. The van der Waals surface area contributed by atoms with Gasteiger partial charge in [0, 0.05) is 31.0 Å². The third-order valence-corrected chi connectivity index (χ3v) is 8.78. The molecule has 4 aromatic heterocycles. The molecule has 0 saturated carbocycles. The molecule has 0 aromatic carbocycles. The molecular formula is C22H22ClN9O3S. The predicted octanol–water partition coefficient (Wildman–Crippen LogP) is 1.60. The summed E-state index contributed by atoms with van der Waals surface area (Å²) in [5.41, 5.74) is 7.65. The number of aromatic nitrogens is 5. The maximum Gasteiger partial charge on any atom is 0.259 e. The lowest BCUT2D eigenvalue weighted by Gasteiger charge is -2.35. The summed E-state index contributed by atoms with van der Waals surface area (Å²) in [5, 5.41) is 16.3. The summed E-state index contributed by atoms with van der Waals surface area (Å²) < 4.78 is 27.8. The molecule has 1 saturated heterocycles. The first-order valence-corrected chi connectivity index (χ1v) is 13.2. The number of carbonyl (C=O) groups excluding carboxylic acids is 1. The number of imidazole rings is 1. The van der Waals surface area contributed by atoms with Crippen LogP contribution in [-0.4, -0.2) is 62.4 Å². The maximum atomic E-state index is 13.3. The van der Waals surface area contributed by atoms with Gasteiger partial charge in [-0.2, -0.15) is 5.26 Å². The predicted molar refractivity (Wildman–Crippen MR) is 134 cm³/mol. The van der Waals surface area contributed by atoms with E-state index in [1.807, 2.05) is 11.0 Å². The number of fused-ring (bicyclic) bond motifs is 2. The van der Waals surface area contributed by atoms with Gasteiger partial charge >= 0.3 is 0 Å². The summed E-state index contributed by atoms with van der Waals surface area (Å²) in [6, 6.07) is 4.79. The van der Waals surface area contributed by atoms with Gasteiger partial charge in [-0.15, -0.1) is 5.10 Å². The van der Waals surface area contributed by atoms with E-state index in [0.29, 0.717) is 22.5 Å². The van der Waals surface area contributed by atoms with E-state index in [9.17, 15) is 18.5 Å². The molecule has 0 spiro atoms. The lowest BCUT2D eigenvalue weighted by Crippen LogP contribution is -2.46. The Kier molecular flexibility index (Phi) is 5.73. The van der Waals surface area contributed by atoms with Crippen molar-refractivity contribution in [1.82, 2.24) is 29.3 Å². The van der Waals surface area contributed by atoms with Crippen molar-refractivity contribution in [2.45, 2.75) is 25.1 Å². The van der Waals surface area contributed by atoms with E-state index in [0.717, 1.165) is 0 Å². The highest BCUT2D eigenvalue weighted by Crippen LogP contribution is 2.35. The van der Waals surface area contributed by atoms with Gasteiger partial charge in [-0.05, 0) is 26.0 Å². The number of hydrogen-bond donors (Lipinski definition) is 2. The third-order valence-electron chi connectivity index (χ3n) is 6.37. The number of anilines is 2. The summed E-state index contributed by atoms with van der Waals surface area (Å²) in [6.07, 6.45) is 4.66. The third kappa shape index (κ3) is 3.78. The van der Waals surface area contributed by atoms with Crippen LogP contribution in [0.5, 0.6) is 0 Å². The molecule has 5 heterocycles. The van der Waals surface area contributed by atoms with Crippen molar-refractivity contribution in [3.8, 4) is 6.07 Å². The van der Waals surface area contributed by atoms with Gasteiger partial charge in [-0.3, -0.25) is 9.20 Å². The zero-order valence-corrected chi connectivity index (χ0v) is 21.0. The second-order valence-corrected chi connectivity index (χ2v) is 11.6. The molecule has 14 heteroatoms. The van der Waals surface area contributed by atoms with Gasteiger partial charge in [-0.25, -0.2) is 22.9 Å². The number of nitrogens with one attached hydrogen (secondary N) is 1. The van der Waals surface area contributed by atoms with E-state index in [1.165, 1.54) is 10.8 Å². The van der Waals surface area contributed by atoms with Crippen LogP contribution in [0.3, 0.4) is 0 Å². The molecule has 5 rings (SSSR count). The highest BCUT2D eigenvalue weighted by molar-refractivity contribution is 7.92. The van der Waals surface area contributed by atoms with E-state index < -0.39 is 27.0 Å². The van der Waals surface area contributed by atoms with Crippen LogP contribution in [0.15, 0.2) is 30.9 Å². The van der Waals surface area contributed by atoms with E-state index >= 15 is 0 Å². The lowest BCUT2D eigenvalue weighted by molar-refractivity contribution is 0.0942. The van der Waals surface area contributed by atoms with Gasteiger partial charge < -0.3 is 16.0 Å². The Labute approximate surface area is 211 Å². The van der Waals surface area contributed by atoms with Crippen molar-refractivity contribution < 1.29 is 13.2 Å². The number of sulfone groups is 1. The zero-order chi connectivity index (χ0) is 25.8. The van der Waals surface area contributed by atoms with Gasteiger partial charge in [0.15, 0.2) is 27.0 Å². The first kappa shape index (κ1) is 23.8. The van der Waals surface area contributed by atoms with Crippen LogP contribution in [0.1, 0.15) is 41.5 Å². The van der Waals surface area contributed by atoms with Crippen LogP contribution in [-0.2, 0) is 9.84 Å². The Balaban J connectivity index is 1.59. The number of amides is 1. The van der Waals surface area contributed by atoms with Crippen molar-refractivity contribution in [2.24, 2.45) is 0 Å². The molecule has 186 valence electrons. The fourth-order valence-electron chi connectivity index (χ4n) is 4.50. The molecule has 2 unspecified atom stereocenters. The van der Waals surface area contributed by atoms with Crippen LogP contribution < -0.4 is 16.0 Å². The van der Waals surface area contributed by atoms with Crippen LogP contribution in [0.25, 0.3) is 11.2 Å². The molecule has 36 heavy (non-hydrogen) atoms. The van der Waals surface area contributed by atoms with Gasteiger partial charge in [0.05, 0.1) is 22.1 Å². The molecule has 0 radical (unpaired) electrons. The average Bonchev–Trinajstić information content (AvgIpc) is 3.41. The van der Waals surface area contributed by atoms with Crippen molar-refractivity contribution in [1.29, 1.82) is 5.26 Å². The van der Waals surface area contributed by atoms with Crippen LogP contribution >= 0.6 is 11.6 Å². The van der Waals surface area contributed by atoms with E-state index in [4.69, 9.17) is 17.3 Å². The van der Waals surface area contributed by atoms with Crippen LogP contribution in [0.4, 0.5) is 11.6 Å². The second kappa shape index (κ2) is 8.65. The topological polar surface area (TPSA) is 164 Å². The molecule has 2 atom stereocenters. The summed E-state index contributed by atoms with van der Waals surface area (Å²) in [5.74, 6) is 0.135. The first-order chi connectivity index (χ1) is 17.1. The van der Waals surface area contributed by atoms with Crippen molar-refractivity contribution >= 4 is 50.1 Å². The van der Waals surface area contributed by atoms with Crippen LogP contribution in [0.2, 0.25) is 5.02 Å². The number of nitrogens with two attached hydrogens (primary N) is 1. The van der Waals surface area contributed by atoms with Crippen molar-refractivity contribution in [2.75, 3.05) is 29.5 Å². The zero-order valence-electron chi connectivity index (χ0n) is 19.4. The van der Waals surface area contributed by atoms with Gasteiger partial charge in [0.2, 0.25) is 0 Å². The molecule has 0 aliphatic carbocycles. The average molecular weight is 528 g/mol. The minimum atomic E-state index is -3.22. The summed E-state index contributed by atoms with van der Waals surface area (Å²) in [6.45, 7) is 3.91. The number of pyridine rings is 1. The van der Waals surface area contributed by atoms with E-state index in [-0.39, 0.29) is 40.9 Å². The molecule has 0 bridgehead atoms. The summed E-state index contributed by atoms with van der Waals surface area (Å²) in [7, 11) is -3.22. The molecule has 1 aliphatic heterocycles. The number of nitrogens with zero attached hydrogens (tertiary/aromatic N) is 7. The second-order valence-electron chi connectivity index (χ2n) is 8.66. The lowest BCUT2D eigenvalue weighted by atomic mass is 10.1. The SMILES string of the molecule is CC(NC(=O)c1c(N)nn2cccnc12)c1cc(Cl)c2c(C#N)ncn2c1N1CCS(=O)(=O)C(C)C1. The van der Waals surface area contributed by atoms with Crippen molar-refractivity contribution in [3.63, 3.8) is 0 Å². The molecule has 1 fully saturated rings. The minimum Gasteiger partial charge on any atom is -0.381 e. The number of carbonyl (C=O) groups is 1. The quantitative estimate of drug-likeness (QED) is 0.401. The highest BCUT2D eigenvalue weighted by atomic mass is 35.5. The number of hydrogen-bond acceptors (Lipinski definition) is 9. The Hall–Kier alpha value is -3.89. The Bertz CT molecular complexity index is 1670. The fourth-order valence-corrected chi connectivity index (χ4v) is 6.08. The standard InChI is InChI=1S/C22H22ClN9O3S/c1-12-10-30(6-7-36(12,34)35)22-14(8-15(23)18-16(9-24)27-11-31(18)22)13(2)28-21(33)17-19(25)29-32-5-3-4-26-20(17)32/h3-5,8,11-13H,6-7,10H2,1-2H3,(H2,25,29)(H,28,33). The van der Waals surface area contributed by atoms with E-state index in [2.05, 4.69) is 20.4 Å². The van der Waals surface area contributed by atoms with E-state index in [1.54, 1.807) is 42.8 Å². The number of nitrogen functional groups attached to an aromatic ring is 1. The van der Waals surface area contributed by atoms with Crippen molar-refractivity contribution in [3.05, 3.63) is 52.7 Å². The Morgan fingerprint density at radius 1 is 1.39 bits per heavy atom. The molecule has 12 nitrogen and oxygen atoms in total. The molecule has 1 amide bonds. The maximum absolute atomic E-state index is 13.3. The normalized spacial score (nSPS) is 18.3. The minimum absolute atomic E-state index is 0.0249. The Morgan fingerprint density at radius 3 is 2.89 bits per heavy atom. The highest BCUT2D eigenvalue weighted by Gasteiger charge is 2.33. The first-order valence-electron chi connectivity index (χ1n) is 11.1. The van der Waals surface area contributed by atoms with Gasteiger partial charge in [0.25, 0.3) is 5.91 Å². The van der Waals surface area contributed by atoms with Crippen LogP contribution in [0, 0.1) is 11.3 Å². The molecule has 3 N–H and O–H groups in total. The van der Waals surface area contributed by atoms with Gasteiger partial charge in [0.1, 0.15) is 29.3 Å². The molecule has 1 aliphatic rings. The monoisotopic (exact) mass is 527 g/mol.